The first kappa shape index (κ1) is 17.7. The number of fused-ring (bicyclic) bond motifs is 1. The number of benzene rings is 1. The van der Waals surface area contributed by atoms with Crippen molar-refractivity contribution in [3.8, 4) is 5.75 Å². The zero-order valence-corrected chi connectivity index (χ0v) is 15.2. The largest absolute Gasteiger partial charge is 0.493 e. The Kier molecular flexibility index (Phi) is 6.69. The third-order valence-corrected chi connectivity index (χ3v) is 4.92. The summed E-state index contributed by atoms with van der Waals surface area (Å²) in [5.41, 5.74) is 1.08. The second-order valence-electron chi connectivity index (χ2n) is 5.37. The molecule has 0 saturated carbocycles. The van der Waals surface area contributed by atoms with Gasteiger partial charge in [-0.2, -0.15) is 0 Å². The van der Waals surface area contributed by atoms with Crippen LogP contribution in [0.5, 0.6) is 5.75 Å². The van der Waals surface area contributed by atoms with Gasteiger partial charge in [0.1, 0.15) is 5.75 Å². The van der Waals surface area contributed by atoms with Crippen LogP contribution in [0, 0.1) is 0 Å². The van der Waals surface area contributed by atoms with E-state index in [-0.39, 0.29) is 10.8 Å². The van der Waals surface area contributed by atoms with Crippen LogP contribution in [-0.4, -0.2) is 15.6 Å². The number of hydrogen-bond donors (Lipinski definition) is 1. The predicted octanol–water partition coefficient (Wildman–Crippen LogP) is 4.35. The molecule has 114 valence electrons. The Labute approximate surface area is 133 Å². The van der Waals surface area contributed by atoms with Crippen molar-refractivity contribution in [1.29, 1.82) is 0 Å². The van der Waals surface area contributed by atoms with Crippen LogP contribution < -0.4 is 9.46 Å². The van der Waals surface area contributed by atoms with E-state index in [0.717, 1.165) is 22.2 Å². The van der Waals surface area contributed by atoms with Crippen molar-refractivity contribution in [3.05, 3.63) is 28.2 Å². The van der Waals surface area contributed by atoms with Crippen molar-refractivity contribution < 1.29 is 8.95 Å². The van der Waals surface area contributed by atoms with Gasteiger partial charge >= 0.3 is 0 Å². The van der Waals surface area contributed by atoms with Crippen LogP contribution >= 0.6 is 15.9 Å². The molecule has 0 saturated heterocycles. The quantitative estimate of drug-likeness (QED) is 0.849. The summed E-state index contributed by atoms with van der Waals surface area (Å²) in [5, 5.41) is 0. The molecule has 0 aromatic heterocycles. The topological polar surface area (TPSA) is 38.3 Å². The molecule has 5 heteroatoms. The average Bonchev–Trinajstić information content (AvgIpc) is 2.40. The summed E-state index contributed by atoms with van der Waals surface area (Å²) in [7, 11) is -1.07. The molecule has 2 rings (SSSR count). The summed E-state index contributed by atoms with van der Waals surface area (Å²) >= 11 is 3.46. The molecule has 0 aliphatic carbocycles. The van der Waals surface area contributed by atoms with Gasteiger partial charge < -0.3 is 4.74 Å². The SMILES string of the molecule is CC.CC(C)(C)S(=O)NC1CCOc2ccc(Br)cc21. The third-order valence-electron chi connectivity index (χ3n) is 2.82. The van der Waals surface area contributed by atoms with Gasteiger partial charge in [-0.15, -0.1) is 0 Å². The van der Waals surface area contributed by atoms with E-state index in [1.54, 1.807) is 0 Å². The average molecular weight is 362 g/mol. The van der Waals surface area contributed by atoms with E-state index in [0.29, 0.717) is 6.61 Å². The van der Waals surface area contributed by atoms with E-state index < -0.39 is 11.0 Å². The van der Waals surface area contributed by atoms with Gasteiger partial charge in [0.15, 0.2) is 0 Å². The monoisotopic (exact) mass is 361 g/mol. The van der Waals surface area contributed by atoms with E-state index in [2.05, 4.69) is 20.7 Å². The predicted molar refractivity (Wildman–Crippen MR) is 89.4 cm³/mol. The summed E-state index contributed by atoms with van der Waals surface area (Å²) in [6, 6.07) is 6.03. The lowest BCUT2D eigenvalue weighted by Gasteiger charge is -2.29. The van der Waals surface area contributed by atoms with Gasteiger partial charge in [-0.3, -0.25) is 0 Å². The van der Waals surface area contributed by atoms with Gasteiger partial charge in [-0.1, -0.05) is 29.8 Å². The van der Waals surface area contributed by atoms with Crippen LogP contribution in [0.3, 0.4) is 0 Å². The van der Waals surface area contributed by atoms with Crippen molar-refractivity contribution in [2.24, 2.45) is 0 Å². The van der Waals surface area contributed by atoms with Crippen molar-refractivity contribution >= 4 is 26.9 Å². The molecule has 3 nitrogen and oxygen atoms in total. The first-order chi connectivity index (χ1) is 9.38. The Bertz CT molecular complexity index is 471. The molecule has 1 aliphatic heterocycles. The highest BCUT2D eigenvalue weighted by Gasteiger charge is 2.27. The van der Waals surface area contributed by atoms with E-state index in [4.69, 9.17) is 4.74 Å². The van der Waals surface area contributed by atoms with Gasteiger partial charge in [-0.25, -0.2) is 8.93 Å². The standard InChI is InChI=1S/C13H18BrNO2S.C2H6/c1-13(2,3)18(16)15-11-6-7-17-12-5-4-9(14)8-10(11)12;1-2/h4-5,8,11,15H,6-7H2,1-3H3;1-2H3. The molecule has 0 amide bonds. The fourth-order valence-corrected chi connectivity index (χ4v) is 3.03. The summed E-state index contributed by atoms with van der Waals surface area (Å²) in [6.45, 7) is 10.6. The summed E-state index contributed by atoms with van der Waals surface area (Å²) in [5.74, 6) is 0.882. The minimum atomic E-state index is -1.07. The van der Waals surface area contributed by atoms with Crippen molar-refractivity contribution in [2.75, 3.05) is 6.61 Å². The molecule has 2 unspecified atom stereocenters. The number of hydrogen-bond acceptors (Lipinski definition) is 2. The summed E-state index contributed by atoms with van der Waals surface area (Å²) < 4.78 is 21.8. The molecular weight excluding hydrogens is 338 g/mol. The number of ether oxygens (including phenoxy) is 1. The van der Waals surface area contributed by atoms with Crippen LogP contribution in [0.25, 0.3) is 0 Å². The molecular formula is C15H24BrNO2S. The zero-order valence-electron chi connectivity index (χ0n) is 12.8. The molecule has 1 heterocycles. The Hall–Kier alpha value is -0.390. The van der Waals surface area contributed by atoms with Crippen molar-refractivity contribution in [2.45, 2.75) is 51.8 Å². The Balaban J connectivity index is 0.000000956. The fourth-order valence-electron chi connectivity index (χ4n) is 1.79. The van der Waals surface area contributed by atoms with Gasteiger partial charge in [0, 0.05) is 16.5 Å². The smallest absolute Gasteiger partial charge is 0.124 e. The molecule has 0 radical (unpaired) electrons. The van der Waals surface area contributed by atoms with Crippen LogP contribution in [0.15, 0.2) is 22.7 Å². The second-order valence-corrected chi connectivity index (χ2v) is 8.28. The minimum Gasteiger partial charge on any atom is -0.493 e. The normalized spacial score (nSPS) is 19.2. The van der Waals surface area contributed by atoms with Crippen molar-refractivity contribution in [3.63, 3.8) is 0 Å². The molecule has 1 aromatic rings. The zero-order chi connectivity index (χ0) is 15.3. The van der Waals surface area contributed by atoms with Crippen LogP contribution in [0.4, 0.5) is 0 Å². The van der Waals surface area contributed by atoms with Gasteiger partial charge in [-0.05, 0) is 39.0 Å². The van der Waals surface area contributed by atoms with Gasteiger partial charge in [0.25, 0.3) is 0 Å². The van der Waals surface area contributed by atoms with Gasteiger partial charge in [0.2, 0.25) is 0 Å². The van der Waals surface area contributed by atoms with E-state index >= 15 is 0 Å². The lowest BCUT2D eigenvalue weighted by Crippen LogP contribution is -2.37. The summed E-state index contributed by atoms with van der Waals surface area (Å²) in [6.07, 6.45) is 0.839. The van der Waals surface area contributed by atoms with Crippen molar-refractivity contribution in [1.82, 2.24) is 4.72 Å². The third kappa shape index (κ3) is 4.57. The number of rotatable bonds is 2. The Morgan fingerprint density at radius 3 is 2.60 bits per heavy atom. The minimum absolute atomic E-state index is 0.0892. The fraction of sp³-hybridized carbons (Fsp3) is 0.600. The molecule has 1 N–H and O–H groups in total. The maximum absolute atomic E-state index is 12.2. The molecule has 1 aromatic carbocycles. The van der Waals surface area contributed by atoms with Crippen LogP contribution in [0.1, 0.15) is 52.6 Å². The lowest BCUT2D eigenvalue weighted by molar-refractivity contribution is 0.263. The molecule has 1 aliphatic rings. The maximum Gasteiger partial charge on any atom is 0.124 e. The lowest BCUT2D eigenvalue weighted by atomic mass is 10.0. The molecule has 0 bridgehead atoms. The van der Waals surface area contributed by atoms with Crippen LogP contribution in [-0.2, 0) is 11.0 Å². The Morgan fingerprint density at radius 1 is 1.35 bits per heavy atom. The number of nitrogens with one attached hydrogen (secondary N) is 1. The molecule has 0 fully saturated rings. The van der Waals surface area contributed by atoms with Crippen LogP contribution in [0.2, 0.25) is 0 Å². The second kappa shape index (κ2) is 7.57. The highest BCUT2D eigenvalue weighted by Crippen LogP contribution is 2.34. The first-order valence-corrected chi connectivity index (χ1v) is 8.92. The van der Waals surface area contributed by atoms with E-state index in [9.17, 15) is 4.21 Å². The van der Waals surface area contributed by atoms with E-state index in [1.807, 2.05) is 52.8 Å². The highest BCUT2D eigenvalue weighted by molar-refractivity contribution is 9.10. The van der Waals surface area contributed by atoms with E-state index in [1.165, 1.54) is 0 Å². The summed E-state index contributed by atoms with van der Waals surface area (Å²) in [4.78, 5) is 0. The molecule has 20 heavy (non-hydrogen) atoms. The molecule has 0 spiro atoms. The highest BCUT2D eigenvalue weighted by atomic mass is 79.9. The molecule has 2 atom stereocenters. The first-order valence-electron chi connectivity index (χ1n) is 6.98. The van der Waals surface area contributed by atoms with Gasteiger partial charge in [0.05, 0.1) is 28.4 Å². The number of halogens is 1. The maximum atomic E-state index is 12.2. The Morgan fingerprint density at radius 2 is 2.00 bits per heavy atom.